The summed E-state index contributed by atoms with van der Waals surface area (Å²) < 4.78 is 16.5. The number of fused-ring (bicyclic) bond motifs is 1. The Balaban J connectivity index is 1.54. The van der Waals surface area contributed by atoms with Gasteiger partial charge in [0.15, 0.2) is 11.5 Å². The van der Waals surface area contributed by atoms with Gasteiger partial charge in [0.2, 0.25) is 12.5 Å². The van der Waals surface area contributed by atoms with Crippen LogP contribution in [0.5, 0.6) is 17.2 Å². The van der Waals surface area contributed by atoms with Crippen LogP contribution in [-0.4, -0.2) is 62.0 Å². The summed E-state index contributed by atoms with van der Waals surface area (Å²) in [5, 5.41) is 11.5. The molecule has 0 aromatic heterocycles. The van der Waals surface area contributed by atoms with Crippen LogP contribution in [0.2, 0.25) is 0 Å². The van der Waals surface area contributed by atoms with Crippen molar-refractivity contribution in [2.45, 2.75) is 24.6 Å². The van der Waals surface area contributed by atoms with Crippen LogP contribution < -0.4 is 14.2 Å². The molecule has 2 heterocycles. The average molecular weight is 384 g/mol. The smallest absolute Gasteiger partial charge is 0.231 e. The Hall–Kier alpha value is -2.28. The van der Waals surface area contributed by atoms with Gasteiger partial charge in [-0.05, 0) is 43.8 Å². The Kier molecular flexibility index (Phi) is 5.19. The van der Waals surface area contributed by atoms with E-state index in [-0.39, 0.29) is 12.8 Å². The van der Waals surface area contributed by atoms with Crippen molar-refractivity contribution in [3.8, 4) is 17.2 Å². The van der Waals surface area contributed by atoms with Gasteiger partial charge in [-0.15, -0.1) is 0 Å². The summed E-state index contributed by atoms with van der Waals surface area (Å²) in [4.78, 5) is 4.50. The standard InChI is InChI=1S/C22H28N2O4/c1-23(2)20-14-24(10-9-22(20,25)17-7-5-4-6-8-17)13-16-11-18(26-3)21-19(12-16)27-15-28-21/h4-8,11-12,20,25H,9-10,13-15H2,1-3H3/t20-,22+/m1/s1. The topological polar surface area (TPSA) is 54.4 Å². The van der Waals surface area contributed by atoms with Gasteiger partial charge < -0.3 is 24.2 Å². The molecule has 1 saturated heterocycles. The van der Waals surface area contributed by atoms with Gasteiger partial charge in [-0.2, -0.15) is 0 Å². The van der Waals surface area contributed by atoms with E-state index in [9.17, 15) is 5.11 Å². The van der Waals surface area contributed by atoms with Crippen molar-refractivity contribution in [2.24, 2.45) is 0 Å². The Morgan fingerprint density at radius 3 is 2.71 bits per heavy atom. The molecule has 0 aliphatic carbocycles. The SMILES string of the molecule is COc1cc(CN2CC[C@](O)(c3ccccc3)[C@H](N(C)C)C2)cc2c1OCO2. The molecule has 4 rings (SSSR count). The molecule has 28 heavy (non-hydrogen) atoms. The Morgan fingerprint density at radius 1 is 1.21 bits per heavy atom. The zero-order valence-electron chi connectivity index (χ0n) is 16.7. The maximum atomic E-state index is 11.5. The van der Waals surface area contributed by atoms with Crippen molar-refractivity contribution >= 4 is 0 Å². The van der Waals surface area contributed by atoms with E-state index in [1.165, 1.54) is 0 Å². The van der Waals surface area contributed by atoms with Gasteiger partial charge in [0.05, 0.1) is 13.2 Å². The molecule has 1 N–H and O–H groups in total. The maximum Gasteiger partial charge on any atom is 0.231 e. The molecule has 0 amide bonds. The molecule has 0 unspecified atom stereocenters. The summed E-state index contributed by atoms with van der Waals surface area (Å²) in [6, 6.07) is 14.0. The third-order valence-corrected chi connectivity index (χ3v) is 5.81. The van der Waals surface area contributed by atoms with Gasteiger partial charge in [-0.3, -0.25) is 4.90 Å². The third kappa shape index (κ3) is 3.43. The number of hydrogen-bond donors (Lipinski definition) is 1. The van der Waals surface area contributed by atoms with Crippen LogP contribution in [0.25, 0.3) is 0 Å². The van der Waals surface area contributed by atoms with Crippen LogP contribution in [0.4, 0.5) is 0 Å². The zero-order chi connectivity index (χ0) is 19.7. The predicted octanol–water partition coefficient (Wildman–Crippen LogP) is 2.45. The lowest BCUT2D eigenvalue weighted by Gasteiger charge is -2.47. The minimum Gasteiger partial charge on any atom is -0.493 e. The molecule has 6 heteroatoms. The summed E-state index contributed by atoms with van der Waals surface area (Å²) in [6.07, 6.45) is 0.682. The fraction of sp³-hybridized carbons (Fsp3) is 0.455. The number of ether oxygens (including phenoxy) is 3. The van der Waals surface area contributed by atoms with Gasteiger partial charge in [-0.1, -0.05) is 30.3 Å². The Morgan fingerprint density at radius 2 is 2.00 bits per heavy atom. The predicted molar refractivity (Wildman–Crippen MR) is 107 cm³/mol. The molecule has 150 valence electrons. The largest absolute Gasteiger partial charge is 0.493 e. The highest BCUT2D eigenvalue weighted by Crippen LogP contribution is 2.42. The monoisotopic (exact) mass is 384 g/mol. The Bertz CT molecular complexity index is 827. The molecule has 1 fully saturated rings. The Labute approximate surface area is 166 Å². The first-order valence-corrected chi connectivity index (χ1v) is 9.64. The van der Waals surface area contributed by atoms with E-state index in [1.54, 1.807) is 7.11 Å². The summed E-state index contributed by atoms with van der Waals surface area (Å²) in [7, 11) is 5.71. The number of likely N-dealkylation sites (tertiary alicyclic amines) is 1. The second kappa shape index (κ2) is 7.62. The van der Waals surface area contributed by atoms with Crippen molar-refractivity contribution in [3.63, 3.8) is 0 Å². The van der Waals surface area contributed by atoms with E-state index in [0.717, 1.165) is 36.5 Å². The van der Waals surface area contributed by atoms with Crippen LogP contribution in [-0.2, 0) is 12.1 Å². The molecule has 2 aromatic rings. The number of hydrogen-bond acceptors (Lipinski definition) is 6. The van der Waals surface area contributed by atoms with E-state index < -0.39 is 5.60 Å². The van der Waals surface area contributed by atoms with E-state index in [0.29, 0.717) is 17.9 Å². The molecular formula is C22H28N2O4. The quantitative estimate of drug-likeness (QED) is 0.855. The van der Waals surface area contributed by atoms with Crippen LogP contribution in [0.1, 0.15) is 17.5 Å². The van der Waals surface area contributed by atoms with E-state index >= 15 is 0 Å². The highest BCUT2D eigenvalue weighted by Gasteiger charge is 2.44. The fourth-order valence-electron chi connectivity index (χ4n) is 4.31. The molecular weight excluding hydrogens is 356 g/mol. The molecule has 2 atom stereocenters. The first-order valence-electron chi connectivity index (χ1n) is 9.64. The van der Waals surface area contributed by atoms with Crippen LogP contribution in [0, 0.1) is 0 Å². The summed E-state index contributed by atoms with van der Waals surface area (Å²) in [6.45, 7) is 2.58. The van der Waals surface area contributed by atoms with Crippen LogP contribution in [0.15, 0.2) is 42.5 Å². The lowest BCUT2D eigenvalue weighted by molar-refractivity contribution is -0.0893. The van der Waals surface area contributed by atoms with Gasteiger partial charge in [0, 0.05) is 19.6 Å². The number of piperidine rings is 1. The second-order valence-electron chi connectivity index (χ2n) is 7.79. The number of methoxy groups -OCH3 is 1. The minimum atomic E-state index is -0.853. The molecule has 2 aliphatic heterocycles. The normalized spacial score (nSPS) is 24.5. The second-order valence-corrected chi connectivity index (χ2v) is 7.79. The first kappa shape index (κ1) is 19.1. The van der Waals surface area contributed by atoms with Crippen LogP contribution in [0.3, 0.4) is 0 Å². The number of nitrogens with zero attached hydrogens (tertiary/aromatic N) is 2. The summed E-state index contributed by atoms with van der Waals surface area (Å²) in [5.74, 6) is 2.11. The molecule has 0 radical (unpaired) electrons. The van der Waals surface area contributed by atoms with Crippen molar-refractivity contribution in [1.82, 2.24) is 9.80 Å². The molecule has 0 saturated carbocycles. The van der Waals surface area contributed by atoms with E-state index in [2.05, 4.69) is 9.80 Å². The highest BCUT2D eigenvalue weighted by molar-refractivity contribution is 5.55. The minimum absolute atomic E-state index is 0.000411. The van der Waals surface area contributed by atoms with Crippen molar-refractivity contribution in [2.75, 3.05) is 41.1 Å². The summed E-state index contributed by atoms with van der Waals surface area (Å²) in [5.41, 5.74) is 1.25. The number of aliphatic hydroxyl groups is 1. The van der Waals surface area contributed by atoms with Gasteiger partial charge in [0.1, 0.15) is 5.60 Å². The van der Waals surface area contributed by atoms with Crippen LogP contribution >= 0.6 is 0 Å². The molecule has 0 bridgehead atoms. The van der Waals surface area contributed by atoms with Gasteiger partial charge >= 0.3 is 0 Å². The first-order chi connectivity index (χ1) is 13.5. The molecule has 0 spiro atoms. The molecule has 6 nitrogen and oxygen atoms in total. The van der Waals surface area contributed by atoms with Gasteiger partial charge in [-0.25, -0.2) is 0 Å². The number of benzene rings is 2. The zero-order valence-corrected chi connectivity index (χ0v) is 16.7. The average Bonchev–Trinajstić information content (AvgIpc) is 3.18. The molecule has 2 aromatic carbocycles. The summed E-state index contributed by atoms with van der Waals surface area (Å²) >= 11 is 0. The lowest BCUT2D eigenvalue weighted by atomic mass is 9.79. The molecule has 2 aliphatic rings. The fourth-order valence-corrected chi connectivity index (χ4v) is 4.31. The van der Waals surface area contributed by atoms with E-state index in [4.69, 9.17) is 14.2 Å². The van der Waals surface area contributed by atoms with Crippen molar-refractivity contribution in [3.05, 3.63) is 53.6 Å². The van der Waals surface area contributed by atoms with Gasteiger partial charge in [0.25, 0.3) is 0 Å². The van der Waals surface area contributed by atoms with E-state index in [1.807, 2.05) is 56.6 Å². The van der Waals surface area contributed by atoms with Crippen molar-refractivity contribution < 1.29 is 19.3 Å². The number of rotatable bonds is 5. The maximum absolute atomic E-state index is 11.5. The number of likely N-dealkylation sites (N-methyl/N-ethyl adjacent to an activating group) is 1. The highest BCUT2D eigenvalue weighted by atomic mass is 16.7. The lowest BCUT2D eigenvalue weighted by Crippen LogP contribution is -2.58. The third-order valence-electron chi connectivity index (χ3n) is 5.81. The van der Waals surface area contributed by atoms with Crippen molar-refractivity contribution in [1.29, 1.82) is 0 Å².